The van der Waals surface area contributed by atoms with E-state index in [4.69, 9.17) is 23.2 Å². The van der Waals surface area contributed by atoms with Crippen molar-refractivity contribution in [2.75, 3.05) is 6.54 Å². The predicted octanol–water partition coefficient (Wildman–Crippen LogP) is 2.20. The van der Waals surface area contributed by atoms with Gasteiger partial charge in [0.15, 0.2) is 11.8 Å². The molecule has 0 aliphatic heterocycles. The van der Waals surface area contributed by atoms with Crippen LogP contribution < -0.4 is 10.6 Å². The summed E-state index contributed by atoms with van der Waals surface area (Å²) in [5, 5.41) is 15.5. The van der Waals surface area contributed by atoms with E-state index in [-0.39, 0.29) is 0 Å². The van der Waals surface area contributed by atoms with Crippen LogP contribution in [-0.2, 0) is 26.7 Å². The van der Waals surface area contributed by atoms with E-state index in [1.165, 1.54) is 0 Å². The molecule has 0 unspecified atom stereocenters. The van der Waals surface area contributed by atoms with Gasteiger partial charge in [0.25, 0.3) is 0 Å². The lowest BCUT2D eigenvalue weighted by molar-refractivity contribution is 0.669. The molecule has 2 aromatic heterocycles. The van der Waals surface area contributed by atoms with Crippen LogP contribution in [0.3, 0.4) is 0 Å². The number of aliphatic imine (C=N–C) groups is 1. The monoisotopic (exact) mass is 357 g/mol. The van der Waals surface area contributed by atoms with Crippen molar-refractivity contribution in [3.05, 3.63) is 34.1 Å². The van der Waals surface area contributed by atoms with E-state index in [0.717, 1.165) is 24.6 Å². The number of hydrogen-bond donors (Lipinski definition) is 2. The average Bonchev–Trinajstić information content (AvgIpc) is 3.10. The van der Waals surface area contributed by atoms with Gasteiger partial charge < -0.3 is 19.8 Å². The van der Waals surface area contributed by atoms with Crippen LogP contribution in [0, 0.1) is 0 Å². The fourth-order valence-electron chi connectivity index (χ4n) is 2.09. The minimum absolute atomic E-state index is 0.471. The van der Waals surface area contributed by atoms with E-state index >= 15 is 0 Å². The highest BCUT2D eigenvalue weighted by atomic mass is 35.5. The molecule has 0 saturated carbocycles. The lowest BCUT2D eigenvalue weighted by atomic mass is 10.4. The molecule has 2 aromatic rings. The minimum atomic E-state index is 0.471. The van der Waals surface area contributed by atoms with Crippen LogP contribution in [0.1, 0.15) is 25.4 Å². The van der Waals surface area contributed by atoms with E-state index in [9.17, 15) is 0 Å². The second-order valence-corrected chi connectivity index (χ2v) is 5.68. The lowest BCUT2D eigenvalue weighted by Gasteiger charge is -2.11. The van der Waals surface area contributed by atoms with Crippen LogP contribution in [0.4, 0.5) is 0 Å². The first-order valence-electron chi connectivity index (χ1n) is 7.45. The summed E-state index contributed by atoms with van der Waals surface area (Å²) in [7, 11) is 1.86. The largest absolute Gasteiger partial charge is 0.357 e. The first-order valence-corrected chi connectivity index (χ1v) is 8.20. The van der Waals surface area contributed by atoms with Crippen LogP contribution in [0.15, 0.2) is 17.4 Å². The van der Waals surface area contributed by atoms with Gasteiger partial charge in [-0.05, 0) is 19.9 Å². The van der Waals surface area contributed by atoms with Crippen LogP contribution in [0.25, 0.3) is 0 Å². The summed E-state index contributed by atoms with van der Waals surface area (Å²) >= 11 is 12.1. The molecule has 2 rings (SSSR count). The molecule has 0 fully saturated rings. The maximum absolute atomic E-state index is 6.07. The van der Waals surface area contributed by atoms with Gasteiger partial charge in [0.2, 0.25) is 0 Å². The summed E-state index contributed by atoms with van der Waals surface area (Å²) in [6, 6.07) is 1.82. The van der Waals surface area contributed by atoms with Crippen LogP contribution in [-0.4, -0.2) is 31.8 Å². The average molecular weight is 358 g/mol. The maximum Gasteiger partial charge on any atom is 0.192 e. The molecule has 2 N–H and O–H groups in total. The van der Waals surface area contributed by atoms with E-state index in [0.29, 0.717) is 29.2 Å². The Morgan fingerprint density at radius 1 is 1.30 bits per heavy atom. The van der Waals surface area contributed by atoms with Crippen molar-refractivity contribution in [2.24, 2.45) is 12.0 Å². The van der Waals surface area contributed by atoms with Gasteiger partial charge in [-0.1, -0.05) is 23.2 Å². The topological polar surface area (TPSA) is 72.1 Å². The second-order valence-electron chi connectivity index (χ2n) is 4.92. The Bertz CT molecular complexity index is 675. The van der Waals surface area contributed by atoms with Gasteiger partial charge in [-0.3, -0.25) is 0 Å². The number of nitrogens with one attached hydrogen (secondary N) is 2. The SMILES string of the molecule is CCNC(=NCc1cc(Cl)c(Cl)n1C)NCc1nncn1CC. The van der Waals surface area contributed by atoms with E-state index in [1.807, 2.05) is 29.2 Å². The molecule has 126 valence electrons. The van der Waals surface area contributed by atoms with Crippen molar-refractivity contribution in [1.82, 2.24) is 30.0 Å². The van der Waals surface area contributed by atoms with E-state index in [1.54, 1.807) is 6.33 Å². The Balaban J connectivity index is 2.03. The van der Waals surface area contributed by atoms with Gasteiger partial charge in [-0.25, -0.2) is 4.99 Å². The number of aryl methyl sites for hydroxylation is 1. The Morgan fingerprint density at radius 3 is 2.70 bits per heavy atom. The second kappa shape index (κ2) is 8.21. The van der Waals surface area contributed by atoms with Crippen LogP contribution in [0.2, 0.25) is 10.2 Å². The van der Waals surface area contributed by atoms with Crippen molar-refractivity contribution < 1.29 is 0 Å². The molecule has 0 spiro atoms. The highest BCUT2D eigenvalue weighted by Crippen LogP contribution is 2.25. The zero-order chi connectivity index (χ0) is 16.8. The van der Waals surface area contributed by atoms with Gasteiger partial charge >= 0.3 is 0 Å². The number of rotatable bonds is 6. The van der Waals surface area contributed by atoms with Gasteiger partial charge in [0.05, 0.1) is 18.1 Å². The Labute approximate surface area is 145 Å². The predicted molar refractivity (Wildman–Crippen MR) is 92.8 cm³/mol. The zero-order valence-electron chi connectivity index (χ0n) is 13.5. The Kier molecular flexibility index (Phi) is 6.29. The summed E-state index contributed by atoms with van der Waals surface area (Å²) in [4.78, 5) is 4.55. The van der Waals surface area contributed by atoms with Crippen molar-refractivity contribution >= 4 is 29.2 Å². The lowest BCUT2D eigenvalue weighted by Crippen LogP contribution is -2.37. The highest BCUT2D eigenvalue weighted by Gasteiger charge is 2.09. The van der Waals surface area contributed by atoms with E-state index < -0.39 is 0 Å². The van der Waals surface area contributed by atoms with E-state index in [2.05, 4.69) is 32.7 Å². The summed E-state index contributed by atoms with van der Waals surface area (Å²) in [5.74, 6) is 1.56. The molecule has 7 nitrogen and oxygen atoms in total. The zero-order valence-corrected chi connectivity index (χ0v) is 15.0. The van der Waals surface area contributed by atoms with Crippen molar-refractivity contribution in [2.45, 2.75) is 33.5 Å². The van der Waals surface area contributed by atoms with Gasteiger partial charge in [0.1, 0.15) is 11.5 Å². The molecular weight excluding hydrogens is 337 g/mol. The summed E-state index contributed by atoms with van der Waals surface area (Å²) in [6.07, 6.45) is 1.72. The van der Waals surface area contributed by atoms with Crippen LogP contribution >= 0.6 is 23.2 Å². The Morgan fingerprint density at radius 2 is 2.09 bits per heavy atom. The number of guanidine groups is 1. The fourth-order valence-corrected chi connectivity index (χ4v) is 2.50. The third-order valence-corrected chi connectivity index (χ3v) is 4.25. The number of hydrogen-bond acceptors (Lipinski definition) is 3. The molecule has 0 amide bonds. The summed E-state index contributed by atoms with van der Waals surface area (Å²) < 4.78 is 3.80. The van der Waals surface area contributed by atoms with Crippen LogP contribution in [0.5, 0.6) is 0 Å². The standard InChI is InChI=1S/C14H21Cl2N7/c1-4-17-14(19-8-12-21-20-9-23(12)5-2)18-7-10-6-11(15)13(16)22(10)3/h6,9H,4-5,7-8H2,1-3H3,(H2,17,18,19). The van der Waals surface area contributed by atoms with Crippen molar-refractivity contribution in [3.63, 3.8) is 0 Å². The third-order valence-electron chi connectivity index (χ3n) is 3.41. The highest BCUT2D eigenvalue weighted by molar-refractivity contribution is 6.41. The third kappa shape index (κ3) is 4.39. The molecule has 0 radical (unpaired) electrons. The summed E-state index contributed by atoms with van der Waals surface area (Å²) in [5.41, 5.74) is 0.939. The first-order chi connectivity index (χ1) is 11.1. The minimum Gasteiger partial charge on any atom is -0.357 e. The molecule has 0 saturated heterocycles. The normalized spacial score (nSPS) is 11.8. The number of aromatic nitrogens is 4. The quantitative estimate of drug-likeness (QED) is 0.613. The summed E-state index contributed by atoms with van der Waals surface area (Å²) in [6.45, 7) is 6.68. The molecule has 0 aliphatic rings. The molecule has 0 atom stereocenters. The van der Waals surface area contributed by atoms with Gasteiger partial charge in [0, 0.05) is 25.8 Å². The van der Waals surface area contributed by atoms with Crippen molar-refractivity contribution in [1.29, 1.82) is 0 Å². The van der Waals surface area contributed by atoms with Gasteiger partial charge in [-0.15, -0.1) is 10.2 Å². The first kappa shape index (κ1) is 17.6. The number of halogens is 2. The molecule has 23 heavy (non-hydrogen) atoms. The maximum atomic E-state index is 6.07. The smallest absolute Gasteiger partial charge is 0.192 e. The molecule has 9 heteroatoms. The Hall–Kier alpha value is -1.73. The number of nitrogens with zero attached hydrogens (tertiary/aromatic N) is 5. The molecule has 0 aromatic carbocycles. The fraction of sp³-hybridized carbons (Fsp3) is 0.500. The van der Waals surface area contributed by atoms with Crippen molar-refractivity contribution in [3.8, 4) is 0 Å². The molecule has 0 bridgehead atoms. The molecule has 0 aliphatic carbocycles. The van der Waals surface area contributed by atoms with Gasteiger partial charge in [-0.2, -0.15) is 0 Å². The molecule has 2 heterocycles. The molecular formula is C14H21Cl2N7.